The van der Waals surface area contributed by atoms with Crippen LogP contribution >= 0.6 is 0 Å². The van der Waals surface area contributed by atoms with Crippen LogP contribution in [0.3, 0.4) is 0 Å². The second-order valence-electron chi connectivity index (χ2n) is 5.79. The van der Waals surface area contributed by atoms with Gasteiger partial charge in [0.2, 0.25) is 5.91 Å². The van der Waals surface area contributed by atoms with E-state index in [2.05, 4.69) is 22.3 Å². The van der Waals surface area contributed by atoms with Crippen LogP contribution in [0.5, 0.6) is 0 Å². The molecule has 3 aromatic rings. The van der Waals surface area contributed by atoms with Crippen LogP contribution in [0.2, 0.25) is 0 Å². The molecule has 0 saturated carbocycles. The zero-order valence-corrected chi connectivity index (χ0v) is 14.2. The zero-order valence-electron chi connectivity index (χ0n) is 14.2. The van der Waals surface area contributed by atoms with Crippen LogP contribution in [0.25, 0.3) is 11.0 Å². The minimum atomic E-state index is -0.130. The number of aromatic nitrogens is 1. The molecule has 0 spiro atoms. The fourth-order valence-electron chi connectivity index (χ4n) is 2.53. The van der Waals surface area contributed by atoms with Crippen LogP contribution in [0.4, 0.5) is 5.69 Å². The molecule has 0 aliphatic carbocycles. The van der Waals surface area contributed by atoms with Crippen LogP contribution in [-0.2, 0) is 11.2 Å². The number of nitrogens with one attached hydrogen (secondary N) is 1. The second kappa shape index (κ2) is 7.54. The summed E-state index contributed by atoms with van der Waals surface area (Å²) in [5.41, 5.74) is 3.31. The lowest BCUT2D eigenvalue weighted by Gasteiger charge is -2.13. The number of anilines is 1. The topological polar surface area (TPSA) is 58.4 Å². The number of fused-ring (bicyclic) bond motifs is 1. The first-order chi connectivity index (χ1) is 12.1. The third-order valence-corrected chi connectivity index (χ3v) is 3.76. The summed E-state index contributed by atoms with van der Waals surface area (Å²) in [5.74, 6) is 5.96. The van der Waals surface area contributed by atoms with Gasteiger partial charge in [-0.1, -0.05) is 41.3 Å². The summed E-state index contributed by atoms with van der Waals surface area (Å²) in [6.45, 7) is 0.288. The molecule has 0 unspecified atom stereocenters. The Morgan fingerprint density at radius 1 is 1.16 bits per heavy atom. The highest BCUT2D eigenvalue weighted by molar-refractivity contribution is 5.86. The Labute approximate surface area is 146 Å². The van der Waals surface area contributed by atoms with Gasteiger partial charge in [-0.15, -0.1) is 0 Å². The van der Waals surface area contributed by atoms with Crippen LogP contribution in [-0.4, -0.2) is 31.7 Å². The molecule has 1 amide bonds. The van der Waals surface area contributed by atoms with E-state index < -0.39 is 0 Å². The Balaban J connectivity index is 1.59. The Hall–Kier alpha value is -3.26. The fourth-order valence-corrected chi connectivity index (χ4v) is 2.53. The van der Waals surface area contributed by atoms with E-state index in [4.69, 9.17) is 4.52 Å². The van der Waals surface area contributed by atoms with Gasteiger partial charge < -0.3 is 14.7 Å². The van der Waals surface area contributed by atoms with Crippen molar-refractivity contribution in [3.05, 3.63) is 59.8 Å². The van der Waals surface area contributed by atoms with Crippen molar-refractivity contribution >= 4 is 22.6 Å². The van der Waals surface area contributed by atoms with Gasteiger partial charge in [-0.3, -0.25) is 4.79 Å². The monoisotopic (exact) mass is 333 g/mol. The van der Waals surface area contributed by atoms with E-state index in [1.54, 1.807) is 0 Å². The van der Waals surface area contributed by atoms with Crippen LogP contribution in [0.1, 0.15) is 11.3 Å². The highest BCUT2D eigenvalue weighted by Crippen LogP contribution is 2.18. The van der Waals surface area contributed by atoms with Crippen molar-refractivity contribution in [1.29, 1.82) is 0 Å². The maximum Gasteiger partial charge on any atom is 0.226 e. The maximum absolute atomic E-state index is 12.1. The van der Waals surface area contributed by atoms with Crippen LogP contribution in [0, 0.1) is 11.8 Å². The molecule has 0 fully saturated rings. The second-order valence-corrected chi connectivity index (χ2v) is 5.79. The van der Waals surface area contributed by atoms with E-state index >= 15 is 0 Å². The molecule has 2 aromatic carbocycles. The predicted molar refractivity (Wildman–Crippen MR) is 98.4 cm³/mol. The first-order valence-electron chi connectivity index (χ1n) is 8.00. The van der Waals surface area contributed by atoms with Gasteiger partial charge in [0.25, 0.3) is 0 Å². The number of carbonyl (C=O) groups excluding carboxylic acids is 1. The Morgan fingerprint density at radius 3 is 2.76 bits per heavy atom. The molecule has 0 saturated heterocycles. The standard InChI is InChI=1S/C20H19N3O2/c1-23(2)18-11-5-3-8-15(18)9-7-13-21-20(24)14-17-16-10-4-6-12-19(16)25-22-17/h3-6,8,10-12H,13-14H2,1-2H3,(H,21,24). The van der Waals surface area contributed by atoms with E-state index in [0.717, 1.165) is 16.6 Å². The molecule has 126 valence electrons. The van der Waals surface area contributed by atoms with Crippen molar-refractivity contribution in [3.63, 3.8) is 0 Å². The molecule has 0 atom stereocenters. The number of hydrogen-bond donors (Lipinski definition) is 1. The number of rotatable bonds is 4. The molecule has 0 aliphatic rings. The molecule has 1 aromatic heterocycles. The van der Waals surface area contributed by atoms with Gasteiger partial charge in [-0.25, -0.2) is 0 Å². The SMILES string of the molecule is CN(C)c1ccccc1C#CCNC(=O)Cc1noc2ccccc12. The average molecular weight is 333 g/mol. The number of hydrogen-bond acceptors (Lipinski definition) is 4. The zero-order chi connectivity index (χ0) is 17.6. The molecule has 0 aliphatic heterocycles. The highest BCUT2D eigenvalue weighted by atomic mass is 16.5. The number of carbonyl (C=O) groups is 1. The minimum Gasteiger partial charge on any atom is -0.377 e. The van der Waals surface area contributed by atoms with Gasteiger partial charge in [0.15, 0.2) is 5.58 Å². The fraction of sp³-hybridized carbons (Fsp3) is 0.200. The lowest BCUT2D eigenvalue weighted by molar-refractivity contribution is -0.120. The summed E-state index contributed by atoms with van der Waals surface area (Å²) in [6.07, 6.45) is 0.174. The van der Waals surface area contributed by atoms with Gasteiger partial charge in [0, 0.05) is 25.0 Å². The first kappa shape index (κ1) is 16.6. The smallest absolute Gasteiger partial charge is 0.226 e. The molecule has 0 radical (unpaired) electrons. The summed E-state index contributed by atoms with van der Waals surface area (Å²) in [7, 11) is 3.95. The highest BCUT2D eigenvalue weighted by Gasteiger charge is 2.11. The van der Waals surface area contributed by atoms with Crippen molar-refractivity contribution in [3.8, 4) is 11.8 Å². The van der Waals surface area contributed by atoms with Crippen molar-refractivity contribution in [2.24, 2.45) is 0 Å². The molecular weight excluding hydrogens is 314 g/mol. The van der Waals surface area contributed by atoms with Crippen molar-refractivity contribution in [2.45, 2.75) is 6.42 Å². The number of nitrogens with zero attached hydrogens (tertiary/aromatic N) is 2. The van der Waals surface area contributed by atoms with Crippen molar-refractivity contribution < 1.29 is 9.32 Å². The number of amides is 1. The van der Waals surface area contributed by atoms with Gasteiger partial charge in [0.1, 0.15) is 5.69 Å². The summed E-state index contributed by atoms with van der Waals surface area (Å²) >= 11 is 0. The lowest BCUT2D eigenvalue weighted by atomic mass is 10.1. The Morgan fingerprint density at radius 2 is 1.92 bits per heavy atom. The van der Waals surface area contributed by atoms with Crippen molar-refractivity contribution in [1.82, 2.24) is 10.5 Å². The predicted octanol–water partition coefficient (Wildman–Crippen LogP) is 2.60. The number of para-hydroxylation sites is 2. The summed E-state index contributed by atoms with van der Waals surface area (Å²) < 4.78 is 5.21. The Bertz CT molecular complexity index is 948. The van der Waals surface area contributed by atoms with Crippen molar-refractivity contribution in [2.75, 3.05) is 25.5 Å². The largest absolute Gasteiger partial charge is 0.377 e. The van der Waals surface area contributed by atoms with Gasteiger partial charge >= 0.3 is 0 Å². The molecular formula is C20H19N3O2. The Kier molecular flexibility index (Phi) is 5.00. The van der Waals surface area contributed by atoms with E-state index in [-0.39, 0.29) is 18.9 Å². The quantitative estimate of drug-likeness (QED) is 0.746. The van der Waals surface area contributed by atoms with E-state index in [0.29, 0.717) is 11.3 Å². The van der Waals surface area contributed by atoms with E-state index in [1.165, 1.54) is 0 Å². The summed E-state index contributed by atoms with van der Waals surface area (Å²) in [5, 5.41) is 7.63. The summed E-state index contributed by atoms with van der Waals surface area (Å²) in [4.78, 5) is 14.1. The van der Waals surface area contributed by atoms with Gasteiger partial charge in [-0.05, 0) is 24.3 Å². The van der Waals surface area contributed by atoms with Crippen LogP contribution in [0.15, 0.2) is 53.1 Å². The number of benzene rings is 2. The van der Waals surface area contributed by atoms with E-state index in [9.17, 15) is 4.79 Å². The summed E-state index contributed by atoms with van der Waals surface area (Å²) in [6, 6.07) is 15.4. The lowest BCUT2D eigenvalue weighted by Crippen LogP contribution is -2.25. The molecule has 5 heteroatoms. The maximum atomic E-state index is 12.1. The van der Waals surface area contributed by atoms with Crippen LogP contribution < -0.4 is 10.2 Å². The van der Waals surface area contributed by atoms with Gasteiger partial charge in [-0.2, -0.15) is 0 Å². The third-order valence-electron chi connectivity index (χ3n) is 3.76. The first-order valence-corrected chi connectivity index (χ1v) is 8.00. The molecule has 25 heavy (non-hydrogen) atoms. The molecule has 1 N–H and O–H groups in total. The molecule has 1 heterocycles. The third kappa shape index (κ3) is 3.99. The molecule has 0 bridgehead atoms. The normalized spacial score (nSPS) is 10.2. The van der Waals surface area contributed by atoms with E-state index in [1.807, 2.05) is 67.5 Å². The minimum absolute atomic E-state index is 0.130. The van der Waals surface area contributed by atoms with Gasteiger partial charge in [0.05, 0.1) is 18.7 Å². The molecule has 3 rings (SSSR count). The average Bonchev–Trinajstić information content (AvgIpc) is 3.02. The molecule has 5 nitrogen and oxygen atoms in total.